The van der Waals surface area contributed by atoms with E-state index in [0.29, 0.717) is 17.9 Å². The average molecular weight is 556 g/mol. The third kappa shape index (κ3) is 5.61. The van der Waals surface area contributed by atoms with Crippen LogP contribution >= 0.6 is 24.2 Å². The molecule has 1 aromatic rings. The third-order valence-electron chi connectivity index (χ3n) is 7.89. The SMILES string of the molecule is CN1C(=NC23CC4CC(CC(C4)C2)C3)SCC1CC(=O)Nc1cc(C(F)(F)F)cc(C(F)(F)F)c1.Cl. The molecule has 5 aliphatic rings. The highest BCUT2D eigenvalue weighted by Crippen LogP contribution is 2.57. The van der Waals surface area contributed by atoms with Crippen LogP contribution in [0.4, 0.5) is 32.0 Å². The van der Waals surface area contributed by atoms with Crippen LogP contribution in [-0.2, 0) is 17.1 Å². The fourth-order valence-corrected chi connectivity index (χ4v) is 8.00. The van der Waals surface area contributed by atoms with Crippen molar-refractivity contribution in [1.82, 2.24) is 4.90 Å². The summed E-state index contributed by atoms with van der Waals surface area (Å²) in [6.07, 6.45) is -2.74. The molecule has 1 unspecified atom stereocenters. The molecule has 36 heavy (non-hydrogen) atoms. The van der Waals surface area contributed by atoms with Crippen molar-refractivity contribution in [3.63, 3.8) is 0 Å². The predicted octanol–water partition coefficient (Wildman–Crippen LogP) is 6.85. The number of benzene rings is 1. The lowest BCUT2D eigenvalue weighted by Crippen LogP contribution is -2.50. The highest BCUT2D eigenvalue weighted by atomic mass is 35.5. The number of hydrogen-bond donors (Lipinski definition) is 1. The highest BCUT2D eigenvalue weighted by Gasteiger charge is 2.51. The van der Waals surface area contributed by atoms with Gasteiger partial charge in [0.25, 0.3) is 0 Å². The predicted molar refractivity (Wildman–Crippen MR) is 129 cm³/mol. The molecule has 4 bridgehead atoms. The maximum absolute atomic E-state index is 13.1. The Morgan fingerprint density at radius 2 is 1.50 bits per heavy atom. The lowest BCUT2D eigenvalue weighted by molar-refractivity contribution is -0.143. The van der Waals surface area contributed by atoms with E-state index in [-0.39, 0.29) is 36.5 Å². The van der Waals surface area contributed by atoms with Gasteiger partial charge in [-0.2, -0.15) is 26.3 Å². The molecule has 1 amide bonds. The van der Waals surface area contributed by atoms with Gasteiger partial charge in [-0.25, -0.2) is 0 Å². The fraction of sp³-hybridized carbons (Fsp3) is 0.667. The van der Waals surface area contributed by atoms with E-state index >= 15 is 0 Å². The molecular weight excluding hydrogens is 528 g/mol. The number of carbonyl (C=O) groups excluding carboxylic acids is 1. The highest BCUT2D eigenvalue weighted by molar-refractivity contribution is 8.14. The van der Waals surface area contributed by atoms with Gasteiger partial charge in [0.05, 0.1) is 16.7 Å². The number of aliphatic imine (C=N–C) groups is 1. The van der Waals surface area contributed by atoms with E-state index in [2.05, 4.69) is 5.32 Å². The lowest BCUT2D eigenvalue weighted by atomic mass is 9.53. The Morgan fingerprint density at radius 3 is 1.97 bits per heavy atom. The monoisotopic (exact) mass is 555 g/mol. The van der Waals surface area contributed by atoms with Gasteiger partial charge in [-0.1, -0.05) is 11.8 Å². The summed E-state index contributed by atoms with van der Waals surface area (Å²) in [4.78, 5) is 19.7. The summed E-state index contributed by atoms with van der Waals surface area (Å²) in [6, 6.07) is 0.866. The molecule has 12 heteroatoms. The Kier molecular flexibility index (Phi) is 7.31. The minimum absolute atomic E-state index is 0. The quantitative estimate of drug-likeness (QED) is 0.413. The zero-order valence-electron chi connectivity index (χ0n) is 19.6. The molecule has 1 atom stereocenters. The summed E-state index contributed by atoms with van der Waals surface area (Å²) in [5, 5.41) is 3.12. The molecule has 4 nitrogen and oxygen atoms in total. The molecule has 1 saturated heterocycles. The lowest BCUT2D eigenvalue weighted by Gasteiger charge is -2.55. The summed E-state index contributed by atoms with van der Waals surface area (Å²) in [6.45, 7) is 0. The van der Waals surface area contributed by atoms with E-state index in [9.17, 15) is 31.1 Å². The second kappa shape index (κ2) is 9.60. The van der Waals surface area contributed by atoms with E-state index < -0.39 is 35.1 Å². The normalized spacial score (nSPS) is 32.6. The van der Waals surface area contributed by atoms with Crippen molar-refractivity contribution in [1.29, 1.82) is 0 Å². The smallest absolute Gasteiger partial charge is 0.350 e. The number of halogens is 7. The topological polar surface area (TPSA) is 44.7 Å². The average Bonchev–Trinajstić information content (AvgIpc) is 3.04. The van der Waals surface area contributed by atoms with Crippen molar-refractivity contribution in [2.45, 2.75) is 68.9 Å². The molecule has 4 saturated carbocycles. The number of amides is 1. The summed E-state index contributed by atoms with van der Waals surface area (Å²) in [5.41, 5.74) is -3.45. The van der Waals surface area contributed by atoms with Crippen LogP contribution in [0.25, 0.3) is 0 Å². The van der Waals surface area contributed by atoms with Gasteiger partial charge in [0, 0.05) is 31.0 Å². The van der Waals surface area contributed by atoms with E-state index in [1.807, 2.05) is 11.9 Å². The molecule has 1 aromatic carbocycles. The van der Waals surface area contributed by atoms with Crippen molar-refractivity contribution in [3.05, 3.63) is 29.3 Å². The van der Waals surface area contributed by atoms with Crippen LogP contribution in [0.3, 0.4) is 0 Å². The molecule has 0 spiro atoms. The van der Waals surface area contributed by atoms with Crippen molar-refractivity contribution in [2.24, 2.45) is 22.7 Å². The van der Waals surface area contributed by atoms with Gasteiger partial charge in [-0.3, -0.25) is 9.79 Å². The second-order valence-electron chi connectivity index (χ2n) is 10.7. The Bertz CT molecular complexity index is 976. The van der Waals surface area contributed by atoms with Crippen LogP contribution in [0.2, 0.25) is 0 Å². The van der Waals surface area contributed by atoms with Crippen LogP contribution in [0.1, 0.15) is 56.1 Å². The second-order valence-corrected chi connectivity index (χ2v) is 11.6. The van der Waals surface area contributed by atoms with Gasteiger partial charge in [-0.15, -0.1) is 12.4 Å². The maximum atomic E-state index is 13.1. The first kappa shape index (κ1) is 27.4. The van der Waals surface area contributed by atoms with Crippen LogP contribution in [0.5, 0.6) is 0 Å². The number of thioether (sulfide) groups is 1. The van der Waals surface area contributed by atoms with Gasteiger partial charge in [0.15, 0.2) is 5.17 Å². The van der Waals surface area contributed by atoms with Crippen molar-refractivity contribution in [2.75, 3.05) is 18.1 Å². The fourth-order valence-electron chi connectivity index (χ4n) is 6.71. The molecule has 200 valence electrons. The maximum Gasteiger partial charge on any atom is 0.416 e. The van der Waals surface area contributed by atoms with Crippen LogP contribution in [0.15, 0.2) is 23.2 Å². The van der Waals surface area contributed by atoms with Crippen LogP contribution in [-0.4, -0.2) is 40.4 Å². The molecule has 0 radical (unpaired) electrons. The number of hydrogen-bond acceptors (Lipinski definition) is 3. The third-order valence-corrected chi connectivity index (χ3v) is 9.07. The largest absolute Gasteiger partial charge is 0.416 e. The first-order valence-corrected chi connectivity index (χ1v) is 12.8. The van der Waals surface area contributed by atoms with Gasteiger partial charge in [0.2, 0.25) is 5.91 Å². The summed E-state index contributed by atoms with van der Waals surface area (Å²) >= 11 is 1.57. The van der Waals surface area contributed by atoms with E-state index in [1.54, 1.807) is 11.8 Å². The molecule has 1 aliphatic heterocycles. The number of carbonyl (C=O) groups is 1. The van der Waals surface area contributed by atoms with E-state index in [4.69, 9.17) is 4.99 Å². The molecule has 1 N–H and O–H groups in total. The number of nitrogens with zero attached hydrogens (tertiary/aromatic N) is 2. The summed E-state index contributed by atoms with van der Waals surface area (Å²) < 4.78 is 78.6. The molecular formula is C24H28ClF6N3OS. The standard InChI is InChI=1S/C24H27F6N3OS.ClH/c1-33-19(12-35-21(33)32-22-9-13-2-14(10-22)4-15(3-13)11-22)8-20(34)31-18-6-16(23(25,26)27)5-17(7-18)24(28,29)30;/h5-7,13-15,19H,2-4,8-12H2,1H3,(H,31,34);1H. The molecule has 4 aliphatic carbocycles. The molecule has 6 rings (SSSR count). The molecule has 1 heterocycles. The Morgan fingerprint density at radius 1 is 1.00 bits per heavy atom. The number of alkyl halides is 6. The zero-order valence-corrected chi connectivity index (χ0v) is 21.2. The number of rotatable bonds is 4. The van der Waals surface area contributed by atoms with E-state index in [0.717, 1.165) is 42.2 Å². The van der Waals surface area contributed by atoms with Crippen LogP contribution < -0.4 is 5.32 Å². The van der Waals surface area contributed by atoms with Gasteiger partial charge < -0.3 is 10.2 Å². The van der Waals surface area contributed by atoms with Gasteiger partial charge in [0.1, 0.15) is 0 Å². The molecule has 5 fully saturated rings. The first-order valence-electron chi connectivity index (χ1n) is 11.8. The van der Waals surface area contributed by atoms with Crippen molar-refractivity contribution in [3.8, 4) is 0 Å². The van der Waals surface area contributed by atoms with Crippen molar-refractivity contribution >= 4 is 40.9 Å². The Labute approximate surface area is 216 Å². The number of amidine groups is 1. The minimum atomic E-state index is -4.97. The number of nitrogens with one attached hydrogen (secondary N) is 1. The van der Waals surface area contributed by atoms with Crippen molar-refractivity contribution < 1.29 is 31.1 Å². The van der Waals surface area contributed by atoms with E-state index in [1.165, 1.54) is 19.3 Å². The Hall–Kier alpha value is -1.62. The minimum Gasteiger partial charge on any atom is -0.350 e. The number of anilines is 1. The first-order chi connectivity index (χ1) is 16.3. The van der Waals surface area contributed by atoms with Gasteiger partial charge in [-0.05, 0) is 74.5 Å². The zero-order chi connectivity index (χ0) is 25.2. The summed E-state index contributed by atoms with van der Waals surface area (Å²) in [7, 11) is 1.85. The Balaban J connectivity index is 0.00000304. The van der Waals surface area contributed by atoms with Crippen LogP contribution in [0, 0.1) is 17.8 Å². The van der Waals surface area contributed by atoms with Gasteiger partial charge >= 0.3 is 12.4 Å². The molecule has 0 aromatic heterocycles. The summed E-state index contributed by atoms with van der Waals surface area (Å²) in [5.74, 6) is 2.20.